The summed E-state index contributed by atoms with van der Waals surface area (Å²) in [6, 6.07) is 0. The number of carbonyl (C=O) groups is 2. The van der Waals surface area contributed by atoms with Gasteiger partial charge in [-0.25, -0.2) is 0 Å². The van der Waals surface area contributed by atoms with Crippen LogP contribution < -0.4 is 0 Å². The molecule has 27 heavy (non-hydrogen) atoms. The number of carbonyl (C=O) groups excluding carboxylic acids is 2. The van der Waals surface area contributed by atoms with Gasteiger partial charge in [-0.2, -0.15) is 0 Å². The molecule has 0 saturated carbocycles. The largest absolute Gasteiger partial charge is 0.382 e. The van der Waals surface area contributed by atoms with Crippen molar-refractivity contribution in [2.75, 3.05) is 27.1 Å². The predicted molar refractivity (Wildman–Crippen MR) is 107 cm³/mol. The third-order valence-electron chi connectivity index (χ3n) is 5.34. The van der Waals surface area contributed by atoms with Gasteiger partial charge in [0.05, 0.1) is 19.3 Å². The molecule has 154 valence electrons. The van der Waals surface area contributed by atoms with Crippen LogP contribution in [0.25, 0.3) is 0 Å². The number of allylic oxidation sites excluding steroid dienone is 3. The molecule has 0 aromatic heterocycles. The first-order chi connectivity index (χ1) is 12.7. The van der Waals surface area contributed by atoms with Crippen molar-refractivity contribution in [3.63, 3.8) is 0 Å². The van der Waals surface area contributed by atoms with Gasteiger partial charge in [0.15, 0.2) is 5.78 Å². The van der Waals surface area contributed by atoms with E-state index in [1.807, 2.05) is 12.2 Å². The molecule has 0 radical (unpaired) electrons. The number of ether oxygens (including phenoxy) is 3. The van der Waals surface area contributed by atoms with Gasteiger partial charge in [-0.15, -0.1) is 0 Å². The number of hydrogen-bond donors (Lipinski definition) is 0. The minimum atomic E-state index is -0.281. The van der Waals surface area contributed by atoms with Gasteiger partial charge in [0.1, 0.15) is 12.6 Å². The quantitative estimate of drug-likeness (QED) is 0.288. The molecule has 0 spiro atoms. The number of hydrogen-bond acceptors (Lipinski definition) is 5. The van der Waals surface area contributed by atoms with Crippen molar-refractivity contribution in [1.29, 1.82) is 0 Å². The highest BCUT2D eigenvalue weighted by Crippen LogP contribution is 2.47. The molecule has 0 bridgehead atoms. The fraction of sp³-hybridized carbons (Fsp3) is 0.727. The lowest BCUT2D eigenvalue weighted by Crippen LogP contribution is -2.41. The van der Waals surface area contributed by atoms with Gasteiger partial charge in [0, 0.05) is 13.5 Å². The van der Waals surface area contributed by atoms with Crippen LogP contribution >= 0.6 is 0 Å². The summed E-state index contributed by atoms with van der Waals surface area (Å²) in [6.07, 6.45) is 6.95. The highest BCUT2D eigenvalue weighted by Gasteiger charge is 2.42. The van der Waals surface area contributed by atoms with E-state index >= 15 is 0 Å². The molecular weight excluding hydrogens is 344 g/mol. The normalized spacial score (nSPS) is 20.9. The first-order valence-electron chi connectivity index (χ1n) is 9.77. The molecule has 0 saturated heterocycles. The average Bonchev–Trinajstić information content (AvgIpc) is 2.56. The SMILES string of the molecule is COCCOCOC(/C=C/CCC(C)=O)C1CCC(C)=C(C(C)=O)C1(C)C. The van der Waals surface area contributed by atoms with Gasteiger partial charge in [-0.3, -0.25) is 4.79 Å². The second-order valence-corrected chi connectivity index (χ2v) is 7.90. The van der Waals surface area contributed by atoms with Crippen molar-refractivity contribution < 1.29 is 23.8 Å². The van der Waals surface area contributed by atoms with Gasteiger partial charge < -0.3 is 19.0 Å². The molecule has 0 heterocycles. The van der Waals surface area contributed by atoms with E-state index in [2.05, 4.69) is 20.8 Å². The standard InChI is InChI=1S/C22H36O5/c1-16-11-12-19(22(4,5)21(16)18(3)24)20(10-8-7-9-17(2)23)27-15-26-14-13-25-6/h8,10,19-20H,7,9,11-15H2,1-6H3/b10-8+. The molecule has 1 aliphatic carbocycles. The summed E-state index contributed by atoms with van der Waals surface area (Å²) in [5.74, 6) is 0.480. The molecule has 0 amide bonds. The van der Waals surface area contributed by atoms with Crippen molar-refractivity contribution in [3.05, 3.63) is 23.3 Å². The van der Waals surface area contributed by atoms with E-state index in [1.165, 1.54) is 5.57 Å². The van der Waals surface area contributed by atoms with E-state index in [0.717, 1.165) is 18.4 Å². The Labute approximate surface area is 164 Å². The Morgan fingerprint density at radius 2 is 1.96 bits per heavy atom. The fourth-order valence-electron chi connectivity index (χ4n) is 4.07. The van der Waals surface area contributed by atoms with E-state index in [1.54, 1.807) is 21.0 Å². The second-order valence-electron chi connectivity index (χ2n) is 7.90. The summed E-state index contributed by atoms with van der Waals surface area (Å²) in [6.45, 7) is 10.7. The summed E-state index contributed by atoms with van der Waals surface area (Å²) >= 11 is 0. The van der Waals surface area contributed by atoms with Crippen LogP contribution in [0, 0.1) is 11.3 Å². The van der Waals surface area contributed by atoms with Crippen molar-refractivity contribution in [1.82, 2.24) is 0 Å². The maximum atomic E-state index is 12.3. The van der Waals surface area contributed by atoms with Crippen molar-refractivity contribution in [3.8, 4) is 0 Å². The second kappa shape index (κ2) is 11.5. The fourth-order valence-corrected chi connectivity index (χ4v) is 4.07. The Morgan fingerprint density at radius 1 is 1.26 bits per heavy atom. The Kier molecular flexibility index (Phi) is 10.1. The zero-order valence-corrected chi connectivity index (χ0v) is 17.8. The summed E-state index contributed by atoms with van der Waals surface area (Å²) in [4.78, 5) is 23.4. The van der Waals surface area contributed by atoms with Crippen LogP contribution in [-0.2, 0) is 23.8 Å². The zero-order valence-electron chi connectivity index (χ0n) is 17.8. The summed E-state index contributed by atoms with van der Waals surface area (Å²) < 4.78 is 16.5. The third kappa shape index (κ3) is 7.32. The van der Waals surface area contributed by atoms with Gasteiger partial charge in [-0.05, 0) is 56.9 Å². The third-order valence-corrected chi connectivity index (χ3v) is 5.34. The average molecular weight is 381 g/mol. The van der Waals surface area contributed by atoms with Crippen LogP contribution in [0.15, 0.2) is 23.3 Å². The molecule has 0 fully saturated rings. The molecule has 1 rings (SSSR count). The number of ketones is 2. The molecule has 0 aliphatic heterocycles. The first-order valence-corrected chi connectivity index (χ1v) is 9.77. The summed E-state index contributed by atoms with van der Waals surface area (Å²) in [5.41, 5.74) is 1.82. The number of Topliss-reactive ketones (excluding diaryl/α,β-unsaturated/α-hetero) is 2. The number of methoxy groups -OCH3 is 1. The molecule has 5 nitrogen and oxygen atoms in total. The van der Waals surface area contributed by atoms with E-state index in [9.17, 15) is 9.59 Å². The lowest BCUT2D eigenvalue weighted by molar-refractivity contribution is -0.120. The van der Waals surface area contributed by atoms with Crippen LogP contribution in [0.4, 0.5) is 0 Å². The molecule has 0 N–H and O–H groups in total. The summed E-state index contributed by atoms with van der Waals surface area (Å²) in [5, 5.41) is 0. The minimum absolute atomic E-state index is 0.137. The predicted octanol–water partition coefficient (Wildman–Crippen LogP) is 4.26. The van der Waals surface area contributed by atoms with Crippen LogP contribution in [0.2, 0.25) is 0 Å². The molecule has 5 heteroatoms. The van der Waals surface area contributed by atoms with E-state index in [0.29, 0.717) is 26.1 Å². The van der Waals surface area contributed by atoms with Crippen molar-refractivity contribution >= 4 is 11.6 Å². The molecule has 0 aromatic rings. The molecular formula is C22H36O5. The van der Waals surface area contributed by atoms with Crippen LogP contribution in [0.1, 0.15) is 60.3 Å². The maximum absolute atomic E-state index is 12.3. The Hall–Kier alpha value is -1.30. The van der Waals surface area contributed by atoms with Crippen LogP contribution in [0.3, 0.4) is 0 Å². The minimum Gasteiger partial charge on any atom is -0.382 e. The molecule has 2 atom stereocenters. The van der Waals surface area contributed by atoms with Crippen LogP contribution in [-0.4, -0.2) is 44.8 Å². The molecule has 1 aliphatic rings. The molecule has 0 aromatic carbocycles. The van der Waals surface area contributed by atoms with E-state index in [4.69, 9.17) is 14.2 Å². The maximum Gasteiger partial charge on any atom is 0.156 e. The molecule has 2 unspecified atom stereocenters. The van der Waals surface area contributed by atoms with Gasteiger partial charge in [-0.1, -0.05) is 31.6 Å². The highest BCUT2D eigenvalue weighted by atomic mass is 16.7. The zero-order chi connectivity index (χ0) is 20.4. The van der Waals surface area contributed by atoms with Crippen molar-refractivity contribution in [2.24, 2.45) is 11.3 Å². The first kappa shape index (κ1) is 23.7. The topological polar surface area (TPSA) is 61.8 Å². The van der Waals surface area contributed by atoms with E-state index < -0.39 is 0 Å². The van der Waals surface area contributed by atoms with E-state index in [-0.39, 0.29) is 35.8 Å². The Bertz CT molecular complexity index is 559. The lowest BCUT2D eigenvalue weighted by Gasteiger charge is -2.43. The van der Waals surface area contributed by atoms with Gasteiger partial charge in [0.2, 0.25) is 0 Å². The van der Waals surface area contributed by atoms with Gasteiger partial charge >= 0.3 is 0 Å². The van der Waals surface area contributed by atoms with Crippen LogP contribution in [0.5, 0.6) is 0 Å². The summed E-state index contributed by atoms with van der Waals surface area (Å²) in [7, 11) is 1.63. The Balaban J connectivity index is 2.92. The smallest absolute Gasteiger partial charge is 0.156 e. The lowest BCUT2D eigenvalue weighted by atomic mass is 9.62. The Morgan fingerprint density at radius 3 is 2.56 bits per heavy atom. The number of rotatable bonds is 12. The van der Waals surface area contributed by atoms with Crippen molar-refractivity contribution in [2.45, 2.75) is 66.4 Å². The highest BCUT2D eigenvalue weighted by molar-refractivity contribution is 5.95. The van der Waals surface area contributed by atoms with Gasteiger partial charge in [0.25, 0.3) is 0 Å². The monoisotopic (exact) mass is 380 g/mol.